The molecule has 2 aromatic rings. The number of rotatable bonds is 9. The van der Waals surface area contributed by atoms with Gasteiger partial charge in [0.1, 0.15) is 5.76 Å². The van der Waals surface area contributed by atoms with Crippen molar-refractivity contribution in [2.45, 2.75) is 12.2 Å². The molecule has 0 fully saturated rings. The molecule has 1 heterocycles. The highest BCUT2D eigenvalue weighted by molar-refractivity contribution is 7.98. The molecule has 136 valence electrons. The molecule has 9 heteroatoms. The maximum atomic E-state index is 11.8. The zero-order valence-corrected chi connectivity index (χ0v) is 15.5. The summed E-state index contributed by atoms with van der Waals surface area (Å²) in [5.74, 6) is 2.67. The Morgan fingerprint density at radius 3 is 2.72 bits per heavy atom. The third-order valence-electron chi connectivity index (χ3n) is 3.00. The topological polar surface area (TPSA) is 100 Å². The highest BCUT2D eigenvalue weighted by Crippen LogP contribution is 2.16. The van der Waals surface area contributed by atoms with Gasteiger partial charge in [-0.2, -0.15) is 11.8 Å². The van der Waals surface area contributed by atoms with Crippen LogP contribution in [0.4, 0.5) is 16.2 Å². The maximum Gasteiger partial charge on any atom is 0.319 e. The lowest BCUT2D eigenvalue weighted by atomic mass is 10.3. The lowest BCUT2D eigenvalue weighted by molar-refractivity contribution is 0.252. The minimum atomic E-state index is -3.35. The Labute approximate surface area is 151 Å². The van der Waals surface area contributed by atoms with E-state index >= 15 is 0 Å². The van der Waals surface area contributed by atoms with Gasteiger partial charge in [0.05, 0.1) is 24.0 Å². The first-order valence-corrected chi connectivity index (χ1v) is 10.7. The minimum absolute atomic E-state index is 0.326. The zero-order chi connectivity index (χ0) is 18.1. The summed E-state index contributed by atoms with van der Waals surface area (Å²) >= 11 is 1.74. The number of nitrogens with one attached hydrogen (secondary N) is 3. The van der Waals surface area contributed by atoms with Crippen molar-refractivity contribution < 1.29 is 17.6 Å². The Hall–Kier alpha value is -2.13. The van der Waals surface area contributed by atoms with Crippen LogP contribution in [0.5, 0.6) is 0 Å². The first kappa shape index (κ1) is 19.2. The number of sulfonamides is 1. The predicted molar refractivity (Wildman–Crippen MR) is 101 cm³/mol. The van der Waals surface area contributed by atoms with Gasteiger partial charge in [-0.25, -0.2) is 13.2 Å². The summed E-state index contributed by atoms with van der Waals surface area (Å²) in [7, 11) is -3.35. The molecule has 0 radical (unpaired) electrons. The predicted octanol–water partition coefficient (Wildman–Crippen LogP) is 3.10. The van der Waals surface area contributed by atoms with Gasteiger partial charge in [0.25, 0.3) is 0 Å². The van der Waals surface area contributed by atoms with Gasteiger partial charge in [0.15, 0.2) is 0 Å². The number of carbonyl (C=O) groups is 1. The second-order valence-corrected chi connectivity index (χ2v) is 8.18. The van der Waals surface area contributed by atoms with Crippen molar-refractivity contribution in [2.24, 2.45) is 0 Å². The monoisotopic (exact) mass is 383 g/mol. The molecule has 0 bridgehead atoms. The Kier molecular flexibility index (Phi) is 7.20. The number of benzene rings is 1. The second-order valence-electron chi connectivity index (χ2n) is 5.32. The number of anilines is 2. The second kappa shape index (κ2) is 9.38. The molecule has 0 saturated carbocycles. The number of hydrogen-bond acceptors (Lipinski definition) is 5. The number of thioether (sulfide) groups is 1. The van der Waals surface area contributed by atoms with Crippen molar-refractivity contribution in [1.82, 2.24) is 5.32 Å². The third-order valence-corrected chi connectivity index (χ3v) is 4.67. The summed E-state index contributed by atoms with van der Waals surface area (Å²) in [5.41, 5.74) is 0.910. The fourth-order valence-corrected chi connectivity index (χ4v) is 3.41. The smallest absolute Gasteiger partial charge is 0.319 e. The molecule has 1 aromatic heterocycles. The van der Waals surface area contributed by atoms with Crippen molar-refractivity contribution in [1.29, 1.82) is 0 Å². The van der Waals surface area contributed by atoms with Crippen molar-refractivity contribution in [3.8, 4) is 0 Å². The van der Waals surface area contributed by atoms with Crippen molar-refractivity contribution in [3.63, 3.8) is 0 Å². The fourth-order valence-electron chi connectivity index (χ4n) is 1.99. The van der Waals surface area contributed by atoms with Crippen LogP contribution in [-0.2, 0) is 15.8 Å². The van der Waals surface area contributed by atoms with Crippen LogP contribution >= 0.6 is 11.8 Å². The lowest BCUT2D eigenvalue weighted by Gasteiger charge is -2.09. The van der Waals surface area contributed by atoms with E-state index in [0.29, 0.717) is 17.9 Å². The molecule has 25 heavy (non-hydrogen) atoms. The number of amides is 2. The molecule has 0 aliphatic heterocycles. The van der Waals surface area contributed by atoms with Crippen molar-refractivity contribution in [2.75, 3.05) is 28.6 Å². The lowest BCUT2D eigenvalue weighted by Crippen LogP contribution is -2.29. The van der Waals surface area contributed by atoms with Crippen LogP contribution in [-0.4, -0.2) is 33.0 Å². The normalized spacial score (nSPS) is 11.1. The van der Waals surface area contributed by atoms with E-state index in [-0.39, 0.29) is 6.03 Å². The fraction of sp³-hybridized carbons (Fsp3) is 0.312. The molecule has 0 spiro atoms. The van der Waals surface area contributed by atoms with Gasteiger partial charge in [-0.15, -0.1) is 0 Å². The van der Waals surface area contributed by atoms with Crippen LogP contribution in [0.15, 0.2) is 47.1 Å². The molecular weight excluding hydrogens is 362 g/mol. The van der Waals surface area contributed by atoms with Crippen molar-refractivity contribution >= 4 is 39.2 Å². The Morgan fingerprint density at radius 2 is 2.00 bits per heavy atom. The molecule has 0 aliphatic rings. The van der Waals surface area contributed by atoms with E-state index in [0.717, 1.165) is 29.9 Å². The van der Waals surface area contributed by atoms with Crippen LogP contribution in [0.1, 0.15) is 12.2 Å². The average molecular weight is 383 g/mol. The van der Waals surface area contributed by atoms with Gasteiger partial charge < -0.3 is 15.1 Å². The summed E-state index contributed by atoms with van der Waals surface area (Å²) in [6.45, 7) is 0.554. The zero-order valence-electron chi connectivity index (χ0n) is 13.8. The van der Waals surface area contributed by atoms with Gasteiger partial charge in [-0.1, -0.05) is 6.07 Å². The van der Waals surface area contributed by atoms with Crippen LogP contribution < -0.4 is 15.4 Å². The SMILES string of the molecule is CS(=O)(=O)Nc1cccc(NC(=O)NCCCSCc2ccco2)c1. The maximum absolute atomic E-state index is 11.8. The average Bonchev–Trinajstić information content (AvgIpc) is 3.02. The van der Waals surface area contributed by atoms with Crippen LogP contribution in [0.25, 0.3) is 0 Å². The number of furan rings is 1. The van der Waals surface area contributed by atoms with Gasteiger partial charge in [-0.05, 0) is 42.5 Å². The molecule has 0 aliphatic carbocycles. The molecular formula is C16H21N3O4S2. The summed E-state index contributed by atoms with van der Waals surface area (Å²) < 4.78 is 30.0. The molecule has 2 amide bonds. The quantitative estimate of drug-likeness (QED) is 0.578. The molecule has 3 N–H and O–H groups in total. The van der Waals surface area contributed by atoms with E-state index in [1.807, 2.05) is 12.1 Å². The standard InChI is InChI=1S/C16H21N3O4S2/c1-25(21,22)19-14-6-2-5-13(11-14)18-16(20)17-8-4-10-24-12-15-7-3-9-23-15/h2-3,5-7,9,11,19H,4,8,10,12H2,1H3,(H2,17,18,20). The highest BCUT2D eigenvalue weighted by Gasteiger charge is 2.05. The molecule has 1 aromatic carbocycles. The van der Waals surface area contributed by atoms with Gasteiger partial charge >= 0.3 is 6.03 Å². The van der Waals surface area contributed by atoms with Crippen LogP contribution in [0, 0.1) is 0 Å². The molecule has 7 nitrogen and oxygen atoms in total. The van der Waals surface area contributed by atoms with Crippen molar-refractivity contribution in [3.05, 3.63) is 48.4 Å². The molecule has 2 rings (SSSR count). The van der Waals surface area contributed by atoms with Gasteiger partial charge in [0, 0.05) is 12.2 Å². The summed E-state index contributed by atoms with van der Waals surface area (Å²) in [4.78, 5) is 11.8. The minimum Gasteiger partial charge on any atom is -0.468 e. The first-order valence-electron chi connectivity index (χ1n) is 7.65. The van der Waals surface area contributed by atoms with Crippen LogP contribution in [0.2, 0.25) is 0 Å². The summed E-state index contributed by atoms with van der Waals surface area (Å²) in [5, 5.41) is 5.44. The van der Waals surface area contributed by atoms with Gasteiger partial charge in [0.2, 0.25) is 10.0 Å². The number of hydrogen-bond donors (Lipinski definition) is 3. The van der Waals surface area contributed by atoms with Gasteiger partial charge in [-0.3, -0.25) is 4.72 Å². The van der Waals surface area contributed by atoms with E-state index in [2.05, 4.69) is 15.4 Å². The van der Waals surface area contributed by atoms with E-state index in [9.17, 15) is 13.2 Å². The van der Waals surface area contributed by atoms with Crippen LogP contribution in [0.3, 0.4) is 0 Å². The number of urea groups is 1. The van der Waals surface area contributed by atoms with E-state index < -0.39 is 10.0 Å². The van der Waals surface area contributed by atoms with E-state index in [4.69, 9.17) is 4.42 Å². The third kappa shape index (κ3) is 7.99. The molecule has 0 atom stereocenters. The molecule has 0 unspecified atom stereocenters. The molecule has 0 saturated heterocycles. The number of carbonyl (C=O) groups excluding carboxylic acids is 1. The highest BCUT2D eigenvalue weighted by atomic mass is 32.2. The summed E-state index contributed by atoms with van der Waals surface area (Å²) in [6.07, 6.45) is 3.57. The van der Waals surface area contributed by atoms with E-state index in [1.165, 1.54) is 0 Å². The summed E-state index contributed by atoms with van der Waals surface area (Å²) in [6, 6.07) is 9.99. The Morgan fingerprint density at radius 1 is 1.20 bits per heavy atom. The largest absolute Gasteiger partial charge is 0.468 e. The Balaban J connectivity index is 1.65. The Bertz CT molecular complexity index is 776. The first-order chi connectivity index (χ1) is 11.9. The van der Waals surface area contributed by atoms with E-state index in [1.54, 1.807) is 42.3 Å².